The lowest BCUT2D eigenvalue weighted by Crippen LogP contribution is -2.30. The summed E-state index contributed by atoms with van der Waals surface area (Å²) in [5.74, 6) is 0. The van der Waals surface area contributed by atoms with Crippen molar-refractivity contribution >= 4 is 34.1 Å². The van der Waals surface area contributed by atoms with Gasteiger partial charge >= 0.3 is 0 Å². The average Bonchev–Trinajstić information content (AvgIpc) is 3.05. The van der Waals surface area contributed by atoms with Crippen LogP contribution in [0.1, 0.15) is 38.5 Å². The van der Waals surface area contributed by atoms with Gasteiger partial charge in [-0.1, -0.05) is 0 Å². The first-order valence-corrected chi connectivity index (χ1v) is 17.0. The smallest absolute Gasteiger partial charge is 0.0341 e. The SMILES string of the molecule is c1cc2ccc1NCCCN1CCCNc3ccc(cc3)NCCCN(CCCN2)CCCNc2ccc(cc2)NCCC1. The minimum atomic E-state index is 0.983. The first-order chi connectivity index (χ1) is 21.8. The molecule has 0 amide bonds. The molecule has 3 aromatic carbocycles. The van der Waals surface area contributed by atoms with Crippen molar-refractivity contribution in [2.45, 2.75) is 38.5 Å². The van der Waals surface area contributed by atoms with Gasteiger partial charge in [0.2, 0.25) is 0 Å². The van der Waals surface area contributed by atoms with Crippen molar-refractivity contribution in [1.29, 1.82) is 0 Å². The molecule has 0 saturated heterocycles. The first-order valence-electron chi connectivity index (χ1n) is 17.0. The normalized spacial score (nSPS) is 21.5. The molecule has 0 fully saturated rings. The van der Waals surface area contributed by atoms with E-state index in [1.54, 1.807) is 0 Å². The number of nitrogens with zero attached hydrogens (tertiary/aromatic N) is 2. The number of benzene rings is 3. The van der Waals surface area contributed by atoms with Gasteiger partial charge in [0.15, 0.2) is 0 Å². The summed E-state index contributed by atoms with van der Waals surface area (Å²) in [6.45, 7) is 12.5. The van der Waals surface area contributed by atoms with Gasteiger partial charge in [0.1, 0.15) is 0 Å². The minimum absolute atomic E-state index is 0.983. The van der Waals surface area contributed by atoms with Gasteiger partial charge in [-0.25, -0.2) is 0 Å². The number of rotatable bonds is 0. The highest BCUT2D eigenvalue weighted by atomic mass is 15.1. The molecule has 0 saturated carbocycles. The second-order valence-electron chi connectivity index (χ2n) is 12.1. The highest BCUT2D eigenvalue weighted by Crippen LogP contribution is 2.17. The third kappa shape index (κ3) is 11.5. The minimum Gasteiger partial charge on any atom is -0.385 e. The van der Waals surface area contributed by atoms with Gasteiger partial charge in [0.05, 0.1) is 0 Å². The lowest BCUT2D eigenvalue weighted by atomic mass is 10.2. The van der Waals surface area contributed by atoms with Crippen LogP contribution in [0.3, 0.4) is 0 Å². The Bertz CT molecular complexity index is 938. The summed E-state index contributed by atoms with van der Waals surface area (Å²) in [5.41, 5.74) is 7.19. The summed E-state index contributed by atoms with van der Waals surface area (Å²) in [6.07, 6.45) is 6.75. The molecule has 0 atom stereocenters. The van der Waals surface area contributed by atoms with Gasteiger partial charge in [-0.05, 0) is 151 Å². The Morgan fingerprint density at radius 1 is 0.273 bits per heavy atom. The monoisotopic (exact) mass is 598 g/mol. The molecule has 12 aliphatic rings. The Hall–Kier alpha value is -3.62. The molecule has 0 aromatic heterocycles. The van der Waals surface area contributed by atoms with Crippen molar-refractivity contribution in [1.82, 2.24) is 9.80 Å². The van der Waals surface area contributed by atoms with E-state index in [1.165, 1.54) is 34.1 Å². The summed E-state index contributed by atoms with van der Waals surface area (Å²) in [5, 5.41) is 21.8. The lowest BCUT2D eigenvalue weighted by molar-refractivity contribution is 0.271. The van der Waals surface area contributed by atoms with E-state index in [4.69, 9.17) is 0 Å². The zero-order valence-electron chi connectivity index (χ0n) is 26.6. The highest BCUT2D eigenvalue weighted by molar-refractivity contribution is 5.55. The fourth-order valence-electron chi connectivity index (χ4n) is 6.00. The molecule has 6 N–H and O–H groups in total. The highest BCUT2D eigenvalue weighted by Gasteiger charge is 2.08. The Morgan fingerprint density at radius 2 is 0.432 bits per heavy atom. The molecule has 0 unspecified atom stereocenters. The molecule has 15 rings (SSSR count). The molecular formula is C36H54N8. The molecule has 12 heterocycles. The Kier molecular flexibility index (Phi) is 13.2. The van der Waals surface area contributed by atoms with E-state index in [-0.39, 0.29) is 0 Å². The summed E-state index contributed by atoms with van der Waals surface area (Å²) >= 11 is 0. The van der Waals surface area contributed by atoms with Crippen molar-refractivity contribution in [3.8, 4) is 0 Å². The van der Waals surface area contributed by atoms with Gasteiger partial charge in [-0.15, -0.1) is 0 Å². The standard InChI is InChI=1S/C36H54N8/c1-19-37-31-7-9-32(10-8-31)40-22-4-28-44-29-5-23-41-35-15-11-33(12-16-35)38-20-2-26-43(25-1)27-3-21-39-34-13-17-36(18-14-34)42-24-6-30-44/h7-18,37-42H,1-6,19-30H2. The van der Waals surface area contributed by atoms with Crippen LogP contribution in [0.25, 0.3) is 0 Å². The molecule has 0 spiro atoms. The molecular weight excluding hydrogens is 544 g/mol. The second-order valence-corrected chi connectivity index (χ2v) is 12.1. The van der Waals surface area contributed by atoms with Crippen molar-refractivity contribution in [3.05, 3.63) is 72.8 Å². The predicted molar refractivity (Wildman–Crippen MR) is 191 cm³/mol. The van der Waals surface area contributed by atoms with E-state index in [0.29, 0.717) is 0 Å². The molecule has 238 valence electrons. The topological polar surface area (TPSA) is 78.7 Å². The Balaban J connectivity index is 1.27. The van der Waals surface area contributed by atoms with E-state index >= 15 is 0 Å². The van der Waals surface area contributed by atoms with Crippen LogP contribution in [-0.4, -0.2) is 88.3 Å². The third-order valence-corrected chi connectivity index (χ3v) is 8.54. The zero-order chi connectivity index (χ0) is 30.1. The quantitative estimate of drug-likeness (QED) is 0.174. The maximum absolute atomic E-state index is 3.64. The van der Waals surface area contributed by atoms with Crippen molar-refractivity contribution < 1.29 is 0 Å². The van der Waals surface area contributed by atoms with Gasteiger partial charge in [0.25, 0.3) is 0 Å². The van der Waals surface area contributed by atoms with Gasteiger partial charge in [0, 0.05) is 73.4 Å². The molecule has 8 nitrogen and oxygen atoms in total. The maximum atomic E-state index is 3.64. The van der Waals surface area contributed by atoms with Gasteiger partial charge in [-0.3, -0.25) is 0 Å². The second kappa shape index (κ2) is 18.2. The van der Waals surface area contributed by atoms with Crippen LogP contribution < -0.4 is 31.9 Å². The number of hydrogen-bond acceptors (Lipinski definition) is 8. The van der Waals surface area contributed by atoms with Crippen molar-refractivity contribution in [2.75, 3.05) is 110 Å². The van der Waals surface area contributed by atoms with Crippen LogP contribution in [0.5, 0.6) is 0 Å². The summed E-state index contributed by atoms with van der Waals surface area (Å²) in [7, 11) is 0. The van der Waals surface area contributed by atoms with E-state index in [1.807, 2.05) is 0 Å². The van der Waals surface area contributed by atoms with Crippen LogP contribution in [0.4, 0.5) is 34.1 Å². The third-order valence-electron chi connectivity index (χ3n) is 8.54. The molecule has 8 heteroatoms. The summed E-state index contributed by atoms with van der Waals surface area (Å²) < 4.78 is 0. The molecule has 3 aromatic rings. The predicted octanol–water partition coefficient (Wildman–Crippen LogP) is 6.53. The van der Waals surface area contributed by atoms with Crippen molar-refractivity contribution in [2.24, 2.45) is 0 Å². The molecule has 0 radical (unpaired) electrons. The molecule has 12 aliphatic heterocycles. The Labute approximate surface area is 265 Å². The van der Waals surface area contributed by atoms with Crippen LogP contribution in [0.15, 0.2) is 72.8 Å². The fraction of sp³-hybridized carbons (Fsp3) is 0.500. The van der Waals surface area contributed by atoms with E-state index < -0.39 is 0 Å². The van der Waals surface area contributed by atoms with Crippen LogP contribution in [0.2, 0.25) is 0 Å². The molecule has 8 bridgehead atoms. The van der Waals surface area contributed by atoms with E-state index in [0.717, 1.165) is 117 Å². The van der Waals surface area contributed by atoms with Gasteiger partial charge in [-0.2, -0.15) is 0 Å². The van der Waals surface area contributed by atoms with Crippen LogP contribution in [-0.2, 0) is 0 Å². The van der Waals surface area contributed by atoms with E-state index in [2.05, 4.69) is 114 Å². The number of anilines is 6. The molecule has 44 heavy (non-hydrogen) atoms. The van der Waals surface area contributed by atoms with Gasteiger partial charge < -0.3 is 41.7 Å². The number of hydrogen-bond donors (Lipinski definition) is 6. The summed E-state index contributed by atoms with van der Waals surface area (Å²) in [6, 6.07) is 26.5. The largest absolute Gasteiger partial charge is 0.385 e. The fourth-order valence-corrected chi connectivity index (χ4v) is 6.00. The lowest BCUT2D eigenvalue weighted by Gasteiger charge is -2.24. The van der Waals surface area contributed by atoms with Crippen LogP contribution in [0, 0.1) is 0 Å². The average molecular weight is 599 g/mol. The maximum Gasteiger partial charge on any atom is 0.0341 e. The summed E-state index contributed by atoms with van der Waals surface area (Å²) in [4.78, 5) is 5.26. The Morgan fingerprint density at radius 3 is 0.591 bits per heavy atom. The first kappa shape index (κ1) is 31.8. The van der Waals surface area contributed by atoms with Crippen LogP contribution >= 0.6 is 0 Å². The molecule has 0 aliphatic carbocycles. The van der Waals surface area contributed by atoms with E-state index in [9.17, 15) is 0 Å². The number of nitrogens with one attached hydrogen (secondary N) is 6. The van der Waals surface area contributed by atoms with Crippen molar-refractivity contribution in [3.63, 3.8) is 0 Å². The zero-order valence-corrected chi connectivity index (χ0v) is 26.6.